The van der Waals surface area contributed by atoms with Crippen LogP contribution in [0.4, 0.5) is 0 Å². The molecule has 4 rings (SSSR count). The fourth-order valence-corrected chi connectivity index (χ4v) is 5.02. The Labute approximate surface area is 226 Å². The average molecular weight is 538 g/mol. The van der Waals surface area contributed by atoms with Crippen molar-refractivity contribution in [2.75, 3.05) is 35.0 Å². The van der Waals surface area contributed by atoms with Crippen molar-refractivity contribution in [3.8, 4) is 34.1 Å². The lowest BCUT2D eigenvalue weighted by Gasteiger charge is -2.19. The van der Waals surface area contributed by atoms with E-state index in [1.54, 1.807) is 34.6 Å². The summed E-state index contributed by atoms with van der Waals surface area (Å²) in [6.07, 6.45) is 4.30. The Kier molecular flexibility index (Phi) is 8.62. The fourth-order valence-electron chi connectivity index (χ4n) is 4.15. The number of carbonyl (C=O) groups excluding carboxylic acids is 1. The lowest BCUT2D eigenvalue weighted by molar-refractivity contribution is 0.0504. The van der Waals surface area contributed by atoms with Gasteiger partial charge in [0.15, 0.2) is 28.2 Å². The van der Waals surface area contributed by atoms with E-state index < -0.39 is 5.97 Å². The highest BCUT2D eigenvalue weighted by Gasteiger charge is 2.26. The molecule has 0 aliphatic carbocycles. The number of hydrogen-bond acceptors (Lipinski definition) is 9. The summed E-state index contributed by atoms with van der Waals surface area (Å²) in [5.74, 6) is 2.12. The second-order valence-electron chi connectivity index (χ2n) is 8.35. The second kappa shape index (κ2) is 12.1. The number of esters is 1. The van der Waals surface area contributed by atoms with Crippen molar-refractivity contribution >= 4 is 28.6 Å². The van der Waals surface area contributed by atoms with Gasteiger partial charge in [0.1, 0.15) is 0 Å². The molecule has 0 aliphatic rings. The van der Waals surface area contributed by atoms with Gasteiger partial charge >= 0.3 is 5.97 Å². The molecule has 0 atom stereocenters. The van der Waals surface area contributed by atoms with Crippen LogP contribution in [0, 0.1) is 0 Å². The molecule has 0 amide bonds. The van der Waals surface area contributed by atoms with Gasteiger partial charge in [-0.2, -0.15) is 0 Å². The molecule has 200 valence electrons. The minimum absolute atomic E-state index is 0.292. The molecular formula is C28H31N3O6S. The van der Waals surface area contributed by atoms with Crippen LogP contribution in [-0.2, 0) is 17.5 Å². The Bertz CT molecular complexity index is 1450. The van der Waals surface area contributed by atoms with Crippen LogP contribution in [-0.4, -0.2) is 55.6 Å². The van der Waals surface area contributed by atoms with Gasteiger partial charge in [-0.15, -0.1) is 0 Å². The van der Waals surface area contributed by atoms with Crippen LogP contribution in [0.2, 0.25) is 0 Å². The first-order chi connectivity index (χ1) is 18.4. The van der Waals surface area contributed by atoms with Crippen molar-refractivity contribution < 1.29 is 28.5 Å². The number of imidazole rings is 1. The maximum atomic E-state index is 13.6. The molecule has 0 fully saturated rings. The molecule has 10 heteroatoms. The van der Waals surface area contributed by atoms with Crippen LogP contribution in [0.15, 0.2) is 47.9 Å². The Morgan fingerprint density at radius 1 is 0.947 bits per heavy atom. The van der Waals surface area contributed by atoms with Crippen LogP contribution in [0.25, 0.3) is 22.0 Å². The Hall–Kier alpha value is -3.92. The monoisotopic (exact) mass is 537 g/mol. The number of hydrogen-bond donors (Lipinski definition) is 0. The van der Waals surface area contributed by atoms with Gasteiger partial charge in [0.25, 0.3) is 0 Å². The lowest BCUT2D eigenvalue weighted by atomic mass is 9.93. The highest BCUT2D eigenvalue weighted by molar-refractivity contribution is 7.98. The average Bonchev–Trinajstić information content (AvgIpc) is 3.36. The predicted molar refractivity (Wildman–Crippen MR) is 147 cm³/mol. The van der Waals surface area contributed by atoms with Gasteiger partial charge in [-0.3, -0.25) is 4.98 Å². The molecule has 0 bridgehead atoms. The zero-order valence-corrected chi connectivity index (χ0v) is 23.2. The summed E-state index contributed by atoms with van der Waals surface area (Å²) in [5, 5.41) is 1.52. The summed E-state index contributed by atoms with van der Waals surface area (Å²) in [4.78, 5) is 23.0. The zero-order valence-electron chi connectivity index (χ0n) is 22.4. The molecule has 2 aromatic carbocycles. The van der Waals surface area contributed by atoms with Crippen molar-refractivity contribution in [2.24, 2.45) is 7.05 Å². The molecule has 4 aromatic rings. The summed E-state index contributed by atoms with van der Waals surface area (Å²) >= 11 is 1.49. The van der Waals surface area contributed by atoms with Crippen molar-refractivity contribution in [3.05, 3.63) is 54.0 Å². The number of nitrogens with zero attached hydrogens (tertiary/aromatic N) is 3. The number of pyridine rings is 1. The van der Waals surface area contributed by atoms with Gasteiger partial charge in [-0.25, -0.2) is 9.78 Å². The predicted octanol–water partition coefficient (Wildman–Crippen LogP) is 5.53. The maximum Gasteiger partial charge on any atom is 0.340 e. The van der Waals surface area contributed by atoms with E-state index in [9.17, 15) is 4.79 Å². The van der Waals surface area contributed by atoms with E-state index in [0.29, 0.717) is 69.5 Å². The third-order valence-corrected chi connectivity index (χ3v) is 7.06. The molecule has 0 radical (unpaired) electrons. The van der Waals surface area contributed by atoms with Crippen LogP contribution in [0.5, 0.6) is 23.0 Å². The third-order valence-electron chi connectivity index (χ3n) is 5.99. The van der Waals surface area contributed by atoms with Crippen molar-refractivity contribution in [1.82, 2.24) is 14.5 Å². The summed E-state index contributed by atoms with van der Waals surface area (Å²) in [6.45, 7) is 2.25. The fraction of sp³-hybridized carbons (Fsp3) is 0.321. The molecule has 38 heavy (non-hydrogen) atoms. The highest BCUT2D eigenvalue weighted by Crippen LogP contribution is 2.42. The topological polar surface area (TPSA) is 93.9 Å². The smallest absolute Gasteiger partial charge is 0.340 e. The Morgan fingerprint density at radius 2 is 1.63 bits per heavy atom. The van der Waals surface area contributed by atoms with E-state index in [1.165, 1.54) is 11.8 Å². The number of aryl methyl sites for hydroxylation is 1. The molecule has 0 spiro atoms. The SMILES string of the molecule is CCCOC(=O)c1c(CSc2nccn2C)nc2cc(OC)c(OC)cc2c1-c1ccc(OC)c(OC)c1. The molecule has 0 unspecified atom stereocenters. The van der Waals surface area contributed by atoms with Crippen molar-refractivity contribution in [2.45, 2.75) is 24.3 Å². The molecule has 0 aliphatic heterocycles. The van der Waals surface area contributed by atoms with Gasteiger partial charge in [0.2, 0.25) is 0 Å². The number of thioether (sulfide) groups is 1. The number of aromatic nitrogens is 3. The Morgan fingerprint density at radius 3 is 2.26 bits per heavy atom. The third kappa shape index (κ3) is 5.35. The molecular weight excluding hydrogens is 506 g/mol. The standard InChI is InChI=1S/C28H31N3O6S/c1-7-12-37-27(32)26-20(16-38-28-29-10-11-31(28)2)30-19-15-24(36-6)23(35-5)14-18(19)25(26)17-8-9-21(33-3)22(13-17)34-4/h8-11,13-15H,7,12,16H2,1-6H3. The number of benzene rings is 2. The summed E-state index contributed by atoms with van der Waals surface area (Å²) in [6, 6.07) is 9.19. The maximum absolute atomic E-state index is 13.6. The van der Waals surface area contributed by atoms with Gasteiger partial charge in [0, 0.05) is 42.2 Å². The van der Waals surface area contributed by atoms with Gasteiger partial charge in [0.05, 0.1) is 51.8 Å². The number of rotatable bonds is 11. The normalized spacial score (nSPS) is 10.9. The minimum atomic E-state index is -0.448. The first kappa shape index (κ1) is 27.1. The number of carbonyl (C=O) groups is 1. The largest absolute Gasteiger partial charge is 0.493 e. The number of methoxy groups -OCH3 is 4. The summed E-state index contributed by atoms with van der Waals surface area (Å²) in [5.41, 5.74) is 3.01. The first-order valence-electron chi connectivity index (χ1n) is 12.0. The Balaban J connectivity index is 2.04. The van der Waals surface area contributed by atoms with Crippen LogP contribution in [0.1, 0.15) is 29.4 Å². The number of ether oxygens (including phenoxy) is 5. The van der Waals surface area contributed by atoms with E-state index in [4.69, 9.17) is 28.7 Å². The minimum Gasteiger partial charge on any atom is -0.493 e. The van der Waals surface area contributed by atoms with Crippen LogP contribution >= 0.6 is 11.8 Å². The van der Waals surface area contributed by atoms with E-state index in [0.717, 1.165) is 10.7 Å². The van der Waals surface area contributed by atoms with Crippen molar-refractivity contribution in [3.63, 3.8) is 0 Å². The zero-order chi connectivity index (χ0) is 27.2. The van der Waals surface area contributed by atoms with Crippen LogP contribution in [0.3, 0.4) is 0 Å². The summed E-state index contributed by atoms with van der Waals surface area (Å²) in [7, 11) is 8.23. The quantitative estimate of drug-likeness (QED) is 0.181. The highest BCUT2D eigenvalue weighted by atomic mass is 32.2. The van der Waals surface area contributed by atoms with E-state index in [-0.39, 0.29) is 0 Å². The molecule has 0 N–H and O–H groups in total. The molecule has 2 aromatic heterocycles. The molecule has 9 nitrogen and oxygen atoms in total. The van der Waals surface area contributed by atoms with Gasteiger partial charge in [-0.1, -0.05) is 24.8 Å². The van der Waals surface area contributed by atoms with E-state index >= 15 is 0 Å². The first-order valence-corrected chi connectivity index (χ1v) is 13.0. The molecule has 0 saturated carbocycles. The number of fused-ring (bicyclic) bond motifs is 1. The van der Waals surface area contributed by atoms with Gasteiger partial charge < -0.3 is 28.3 Å². The molecule has 0 saturated heterocycles. The summed E-state index contributed by atoms with van der Waals surface area (Å²) < 4.78 is 29.8. The van der Waals surface area contributed by atoms with Gasteiger partial charge in [-0.05, 0) is 30.2 Å². The second-order valence-corrected chi connectivity index (χ2v) is 9.29. The van der Waals surface area contributed by atoms with Crippen LogP contribution < -0.4 is 18.9 Å². The lowest BCUT2D eigenvalue weighted by Crippen LogP contribution is -2.13. The van der Waals surface area contributed by atoms with Crippen molar-refractivity contribution in [1.29, 1.82) is 0 Å². The van der Waals surface area contributed by atoms with E-state index in [1.807, 2.05) is 55.1 Å². The molecule has 2 heterocycles. The van der Waals surface area contributed by atoms with E-state index in [2.05, 4.69) is 4.98 Å².